The minimum atomic E-state index is -0.228. The van der Waals surface area contributed by atoms with Crippen molar-refractivity contribution in [2.45, 2.75) is 0 Å². The number of rotatable bonds is 7. The minimum absolute atomic E-state index is 0.160. The Labute approximate surface area is 164 Å². The third-order valence-electron chi connectivity index (χ3n) is 4.84. The fraction of sp³-hybridized carbons (Fsp3) is 0.474. The largest absolute Gasteiger partial charge is 0.387 e. The summed E-state index contributed by atoms with van der Waals surface area (Å²) < 4.78 is 8.79. The third-order valence-corrected chi connectivity index (χ3v) is 4.84. The van der Waals surface area contributed by atoms with E-state index in [1.165, 1.54) is 0 Å². The number of aromatic nitrogens is 2. The van der Waals surface area contributed by atoms with E-state index in [0.717, 1.165) is 38.5 Å². The maximum Gasteiger partial charge on any atom is 0.272 e. The molecule has 2 aromatic rings. The van der Waals surface area contributed by atoms with Gasteiger partial charge in [0.25, 0.3) is 11.8 Å². The SMILES string of the molecule is CNc1cc(C(=O)Nc2cc(C(=O)NCCN3CCOCC3)n(C)c2)n(C)c1. The Morgan fingerprint density at radius 3 is 2.25 bits per heavy atom. The van der Waals surface area contributed by atoms with Gasteiger partial charge >= 0.3 is 0 Å². The van der Waals surface area contributed by atoms with Crippen molar-refractivity contribution in [1.82, 2.24) is 19.4 Å². The summed E-state index contributed by atoms with van der Waals surface area (Å²) in [6, 6.07) is 3.46. The molecule has 3 N–H and O–H groups in total. The highest BCUT2D eigenvalue weighted by atomic mass is 16.5. The molecule has 0 unspecified atom stereocenters. The summed E-state index contributed by atoms with van der Waals surface area (Å²) >= 11 is 0. The Bertz CT molecular complexity index is 835. The van der Waals surface area contributed by atoms with Gasteiger partial charge in [-0.25, -0.2) is 0 Å². The van der Waals surface area contributed by atoms with Crippen molar-refractivity contribution < 1.29 is 14.3 Å². The van der Waals surface area contributed by atoms with E-state index < -0.39 is 0 Å². The van der Waals surface area contributed by atoms with Gasteiger partial charge in [0.2, 0.25) is 0 Å². The lowest BCUT2D eigenvalue weighted by molar-refractivity contribution is 0.0383. The van der Waals surface area contributed by atoms with Crippen molar-refractivity contribution in [3.63, 3.8) is 0 Å². The first kappa shape index (κ1) is 20.0. The quantitative estimate of drug-likeness (QED) is 0.650. The summed E-state index contributed by atoms with van der Waals surface area (Å²) in [6.07, 6.45) is 3.57. The van der Waals surface area contributed by atoms with Gasteiger partial charge < -0.3 is 29.8 Å². The zero-order chi connectivity index (χ0) is 20.1. The Morgan fingerprint density at radius 1 is 1.00 bits per heavy atom. The van der Waals surface area contributed by atoms with E-state index in [0.29, 0.717) is 23.6 Å². The van der Waals surface area contributed by atoms with Crippen molar-refractivity contribution in [1.29, 1.82) is 0 Å². The smallest absolute Gasteiger partial charge is 0.272 e. The Balaban J connectivity index is 1.56. The van der Waals surface area contributed by atoms with Crippen molar-refractivity contribution in [3.8, 4) is 0 Å². The summed E-state index contributed by atoms with van der Waals surface area (Å²) in [6.45, 7) is 4.64. The van der Waals surface area contributed by atoms with E-state index in [9.17, 15) is 9.59 Å². The van der Waals surface area contributed by atoms with Crippen LogP contribution in [0.2, 0.25) is 0 Å². The number of carbonyl (C=O) groups excluding carboxylic acids is 2. The van der Waals surface area contributed by atoms with E-state index in [1.807, 2.05) is 13.2 Å². The molecule has 28 heavy (non-hydrogen) atoms. The standard InChI is InChI=1S/C19H28N6O3/c1-20-14-10-17(23(2)12-14)19(27)22-15-11-16(24(3)13-15)18(26)21-4-5-25-6-8-28-9-7-25/h10-13,20H,4-9H2,1-3H3,(H,21,26)(H,22,27). The fourth-order valence-corrected chi connectivity index (χ4v) is 3.22. The molecule has 0 aromatic carbocycles. The molecule has 2 aromatic heterocycles. The number of nitrogens with zero attached hydrogens (tertiary/aromatic N) is 3. The van der Waals surface area contributed by atoms with E-state index >= 15 is 0 Å². The molecule has 1 fully saturated rings. The molecule has 0 radical (unpaired) electrons. The van der Waals surface area contributed by atoms with Crippen LogP contribution in [0.15, 0.2) is 24.5 Å². The van der Waals surface area contributed by atoms with Crippen molar-refractivity contribution in [3.05, 3.63) is 35.9 Å². The molecule has 9 nitrogen and oxygen atoms in total. The monoisotopic (exact) mass is 388 g/mol. The Hall–Kier alpha value is -2.78. The summed E-state index contributed by atoms with van der Waals surface area (Å²) in [4.78, 5) is 27.3. The van der Waals surface area contributed by atoms with Crippen LogP contribution in [0.4, 0.5) is 11.4 Å². The van der Waals surface area contributed by atoms with Crippen LogP contribution >= 0.6 is 0 Å². The molecule has 0 bridgehead atoms. The van der Waals surface area contributed by atoms with Crippen LogP contribution < -0.4 is 16.0 Å². The number of nitrogens with one attached hydrogen (secondary N) is 3. The van der Waals surface area contributed by atoms with Gasteiger partial charge in [-0.1, -0.05) is 0 Å². The molecule has 0 aliphatic carbocycles. The molecule has 3 rings (SSSR count). The number of aryl methyl sites for hydroxylation is 2. The number of ether oxygens (including phenoxy) is 1. The van der Waals surface area contributed by atoms with Gasteiger partial charge in [0.05, 0.1) is 24.6 Å². The van der Waals surface area contributed by atoms with Crippen LogP contribution in [-0.2, 0) is 18.8 Å². The van der Waals surface area contributed by atoms with Crippen LogP contribution in [0.25, 0.3) is 0 Å². The molecule has 152 valence electrons. The summed E-state index contributed by atoms with van der Waals surface area (Å²) in [5.74, 6) is -0.388. The van der Waals surface area contributed by atoms with Crippen molar-refractivity contribution in [2.75, 3.05) is 57.1 Å². The van der Waals surface area contributed by atoms with E-state index in [-0.39, 0.29) is 11.8 Å². The molecule has 9 heteroatoms. The van der Waals surface area contributed by atoms with E-state index in [4.69, 9.17) is 4.74 Å². The summed E-state index contributed by atoms with van der Waals surface area (Å²) in [7, 11) is 5.40. The molecular formula is C19H28N6O3. The lowest BCUT2D eigenvalue weighted by Crippen LogP contribution is -2.41. The highest BCUT2D eigenvalue weighted by Crippen LogP contribution is 2.17. The number of morpholine rings is 1. The zero-order valence-electron chi connectivity index (χ0n) is 16.6. The molecule has 0 spiro atoms. The second-order valence-electron chi connectivity index (χ2n) is 6.86. The maximum atomic E-state index is 12.5. The second kappa shape index (κ2) is 8.94. The van der Waals surface area contributed by atoms with Gasteiger partial charge in [-0.05, 0) is 12.1 Å². The second-order valence-corrected chi connectivity index (χ2v) is 6.86. The highest BCUT2D eigenvalue weighted by molar-refractivity contribution is 6.04. The zero-order valence-corrected chi connectivity index (χ0v) is 16.6. The van der Waals surface area contributed by atoms with Gasteiger partial charge in [0.1, 0.15) is 11.4 Å². The summed E-state index contributed by atoms with van der Waals surface area (Å²) in [5, 5.41) is 8.80. The maximum absolute atomic E-state index is 12.5. The number of hydrogen-bond donors (Lipinski definition) is 3. The molecule has 0 saturated carbocycles. The summed E-state index contributed by atoms with van der Waals surface area (Å²) in [5.41, 5.74) is 2.48. The van der Waals surface area contributed by atoms with Gasteiger partial charge in [0.15, 0.2) is 0 Å². The highest BCUT2D eigenvalue weighted by Gasteiger charge is 2.16. The Kier molecular flexibility index (Phi) is 6.37. The molecule has 2 amide bonds. The van der Waals surface area contributed by atoms with Crippen LogP contribution in [0.3, 0.4) is 0 Å². The van der Waals surface area contributed by atoms with Gasteiger partial charge in [-0.3, -0.25) is 14.5 Å². The van der Waals surface area contributed by atoms with Crippen LogP contribution in [-0.4, -0.2) is 72.3 Å². The molecule has 1 aliphatic rings. The van der Waals surface area contributed by atoms with Crippen LogP contribution in [0, 0.1) is 0 Å². The number of anilines is 2. The van der Waals surface area contributed by atoms with E-state index in [2.05, 4.69) is 20.9 Å². The van der Waals surface area contributed by atoms with Gasteiger partial charge in [-0.15, -0.1) is 0 Å². The fourth-order valence-electron chi connectivity index (χ4n) is 3.22. The lowest BCUT2D eigenvalue weighted by Gasteiger charge is -2.26. The normalized spacial score (nSPS) is 14.7. The van der Waals surface area contributed by atoms with Crippen LogP contribution in [0.5, 0.6) is 0 Å². The first-order valence-electron chi connectivity index (χ1n) is 9.38. The number of hydrogen-bond acceptors (Lipinski definition) is 5. The van der Waals surface area contributed by atoms with Gasteiger partial charge in [0, 0.05) is 59.7 Å². The molecule has 1 aliphatic heterocycles. The van der Waals surface area contributed by atoms with Crippen LogP contribution in [0.1, 0.15) is 21.0 Å². The van der Waals surface area contributed by atoms with Gasteiger partial charge in [-0.2, -0.15) is 0 Å². The lowest BCUT2D eigenvalue weighted by atomic mass is 10.3. The average Bonchev–Trinajstić information content (AvgIpc) is 3.24. The first-order chi connectivity index (χ1) is 13.5. The van der Waals surface area contributed by atoms with Crippen molar-refractivity contribution in [2.24, 2.45) is 14.1 Å². The predicted octanol–water partition coefficient (Wildman–Crippen LogP) is 0.720. The topological polar surface area (TPSA) is 92.6 Å². The van der Waals surface area contributed by atoms with Crippen molar-refractivity contribution >= 4 is 23.2 Å². The molecule has 3 heterocycles. The molecule has 1 saturated heterocycles. The van der Waals surface area contributed by atoms with E-state index in [1.54, 1.807) is 41.6 Å². The Morgan fingerprint density at radius 2 is 1.61 bits per heavy atom. The molecular weight excluding hydrogens is 360 g/mol. The third kappa shape index (κ3) is 4.73. The minimum Gasteiger partial charge on any atom is -0.387 e. The first-order valence-corrected chi connectivity index (χ1v) is 9.38. The predicted molar refractivity (Wildman–Crippen MR) is 108 cm³/mol. The number of carbonyl (C=O) groups is 2. The number of amides is 2. The average molecular weight is 388 g/mol. The molecule has 0 atom stereocenters.